The van der Waals surface area contributed by atoms with Crippen molar-refractivity contribution in [3.8, 4) is 5.75 Å². The van der Waals surface area contributed by atoms with Gasteiger partial charge < -0.3 is 9.84 Å². The smallest absolute Gasteiger partial charge is 0.343 e. The molecule has 0 saturated carbocycles. The normalized spacial score (nSPS) is 10.5. The average Bonchev–Trinajstić information content (AvgIpc) is 2.44. The van der Waals surface area contributed by atoms with Gasteiger partial charge in [-0.3, -0.25) is 0 Å². The third-order valence-corrected chi connectivity index (χ3v) is 3.84. The van der Waals surface area contributed by atoms with E-state index < -0.39 is 5.97 Å². The number of hydrogen-bond acceptors (Lipinski definition) is 3. The molecule has 0 unspecified atom stereocenters. The topological polar surface area (TPSA) is 46.5 Å². The quantitative estimate of drug-likeness (QED) is 0.614. The van der Waals surface area contributed by atoms with Crippen LogP contribution in [0.4, 0.5) is 0 Å². The predicted octanol–water partition coefficient (Wildman–Crippen LogP) is 5.01. The maximum atomic E-state index is 12.1. The molecule has 0 aromatic heterocycles. The van der Waals surface area contributed by atoms with Gasteiger partial charge in [0.15, 0.2) is 5.75 Å². The summed E-state index contributed by atoms with van der Waals surface area (Å²) in [7, 11) is 0. The van der Waals surface area contributed by atoms with Gasteiger partial charge in [0, 0.05) is 10.6 Å². The Labute approximate surface area is 141 Å². The zero-order valence-electron chi connectivity index (χ0n) is 10.4. The van der Waals surface area contributed by atoms with Crippen molar-refractivity contribution >= 4 is 52.4 Å². The van der Waals surface area contributed by atoms with E-state index in [0.717, 1.165) is 0 Å². The van der Waals surface area contributed by atoms with E-state index in [1.807, 2.05) is 0 Å². The monoisotopic (exact) mass is 364 g/mol. The highest BCUT2D eigenvalue weighted by molar-refractivity contribution is 6.42. The van der Waals surface area contributed by atoms with Gasteiger partial charge in [0.25, 0.3) is 0 Å². The summed E-state index contributed by atoms with van der Waals surface area (Å²) in [4.78, 5) is 12.1. The van der Waals surface area contributed by atoms with Crippen LogP contribution in [0.1, 0.15) is 15.9 Å². The number of carbonyl (C=O) groups is 1. The maximum absolute atomic E-state index is 12.1. The zero-order chi connectivity index (χ0) is 15.6. The van der Waals surface area contributed by atoms with E-state index in [1.165, 1.54) is 30.3 Å². The molecule has 0 bridgehead atoms. The Balaban J connectivity index is 2.33. The van der Waals surface area contributed by atoms with E-state index in [-0.39, 0.29) is 28.0 Å². The fraction of sp³-hybridized carbons (Fsp3) is 0.0714. The lowest BCUT2D eigenvalue weighted by molar-refractivity contribution is 0.0731. The number of hydrogen-bond donors (Lipinski definition) is 1. The minimum atomic E-state index is -0.674. The van der Waals surface area contributed by atoms with Crippen LogP contribution >= 0.6 is 46.4 Å². The third-order valence-electron chi connectivity index (χ3n) is 2.61. The van der Waals surface area contributed by atoms with Gasteiger partial charge in [-0.1, -0.05) is 46.4 Å². The van der Waals surface area contributed by atoms with Gasteiger partial charge in [0.2, 0.25) is 0 Å². The molecule has 1 N–H and O–H groups in total. The number of aliphatic hydroxyl groups is 1. The van der Waals surface area contributed by atoms with E-state index in [4.69, 9.17) is 51.1 Å². The van der Waals surface area contributed by atoms with Gasteiger partial charge in [-0.05, 0) is 30.3 Å². The second-order valence-corrected chi connectivity index (χ2v) is 5.71. The van der Waals surface area contributed by atoms with Crippen molar-refractivity contribution in [2.24, 2.45) is 0 Å². The molecule has 0 aliphatic heterocycles. The molecule has 0 heterocycles. The fourth-order valence-corrected chi connectivity index (χ4v) is 2.49. The van der Waals surface area contributed by atoms with Crippen LogP contribution in [-0.4, -0.2) is 11.1 Å². The van der Waals surface area contributed by atoms with Crippen LogP contribution in [0.2, 0.25) is 20.1 Å². The Morgan fingerprint density at radius 3 is 2.33 bits per heavy atom. The third kappa shape index (κ3) is 3.82. The first-order valence-corrected chi connectivity index (χ1v) is 7.19. The number of esters is 1. The van der Waals surface area contributed by atoms with E-state index >= 15 is 0 Å². The van der Waals surface area contributed by atoms with Gasteiger partial charge in [-0.15, -0.1) is 0 Å². The lowest BCUT2D eigenvalue weighted by Crippen LogP contribution is -2.10. The highest BCUT2D eigenvalue weighted by Gasteiger charge is 2.16. The summed E-state index contributed by atoms with van der Waals surface area (Å²) >= 11 is 23.4. The molecule has 0 atom stereocenters. The van der Waals surface area contributed by atoms with Gasteiger partial charge in [-0.2, -0.15) is 0 Å². The number of aliphatic hydroxyl groups excluding tert-OH is 1. The summed E-state index contributed by atoms with van der Waals surface area (Å²) in [6.07, 6.45) is 0. The van der Waals surface area contributed by atoms with Gasteiger partial charge >= 0.3 is 5.97 Å². The van der Waals surface area contributed by atoms with Crippen molar-refractivity contribution in [3.63, 3.8) is 0 Å². The van der Waals surface area contributed by atoms with Crippen LogP contribution < -0.4 is 4.74 Å². The first kappa shape index (κ1) is 16.4. The summed E-state index contributed by atoms with van der Waals surface area (Å²) in [5.74, 6) is -0.618. The lowest BCUT2D eigenvalue weighted by atomic mass is 10.2. The number of halogens is 4. The number of ether oxygens (including phenoxy) is 1. The summed E-state index contributed by atoms with van der Waals surface area (Å²) in [5.41, 5.74) is 0.514. The molecule has 7 heteroatoms. The largest absolute Gasteiger partial charge is 0.421 e. The summed E-state index contributed by atoms with van der Waals surface area (Å²) in [6, 6.07) is 7.22. The molecule has 2 aromatic rings. The van der Waals surface area contributed by atoms with Crippen molar-refractivity contribution in [2.75, 3.05) is 0 Å². The minimum absolute atomic E-state index is 0.0552. The van der Waals surface area contributed by atoms with Crippen molar-refractivity contribution in [2.45, 2.75) is 6.61 Å². The molecule has 3 nitrogen and oxygen atoms in total. The summed E-state index contributed by atoms with van der Waals surface area (Å²) < 4.78 is 5.21. The van der Waals surface area contributed by atoms with Crippen LogP contribution in [0.25, 0.3) is 0 Å². The zero-order valence-corrected chi connectivity index (χ0v) is 13.4. The first-order chi connectivity index (χ1) is 9.92. The van der Waals surface area contributed by atoms with E-state index in [2.05, 4.69) is 0 Å². The average molecular weight is 366 g/mol. The molecule has 0 aliphatic rings. The second-order valence-electron chi connectivity index (χ2n) is 4.05. The van der Waals surface area contributed by atoms with Crippen LogP contribution in [0.15, 0.2) is 30.3 Å². The van der Waals surface area contributed by atoms with Gasteiger partial charge in [-0.25, -0.2) is 4.79 Å². The Morgan fingerprint density at radius 2 is 1.71 bits per heavy atom. The van der Waals surface area contributed by atoms with Crippen LogP contribution in [0, 0.1) is 0 Å². The number of benzene rings is 2. The standard InChI is InChI=1S/C14H8Cl4O3/c15-9-3-8(6-19)13(12(18)5-9)21-14(20)7-1-2-10(16)11(17)4-7/h1-5,19H,6H2. The predicted molar refractivity (Wildman–Crippen MR) is 83.8 cm³/mol. The number of carbonyl (C=O) groups excluding carboxylic acids is 1. The molecule has 0 fully saturated rings. The van der Waals surface area contributed by atoms with Crippen molar-refractivity contribution in [1.29, 1.82) is 0 Å². The van der Waals surface area contributed by atoms with E-state index in [9.17, 15) is 9.90 Å². The fourth-order valence-electron chi connectivity index (χ4n) is 1.62. The SMILES string of the molecule is O=C(Oc1c(Cl)cc(Cl)cc1CO)c1ccc(Cl)c(Cl)c1. The molecule has 21 heavy (non-hydrogen) atoms. The van der Waals surface area contributed by atoms with E-state index in [0.29, 0.717) is 15.6 Å². The highest BCUT2D eigenvalue weighted by Crippen LogP contribution is 2.33. The lowest BCUT2D eigenvalue weighted by Gasteiger charge is -2.11. The minimum Gasteiger partial charge on any atom is -0.421 e. The van der Waals surface area contributed by atoms with Crippen LogP contribution in [0.3, 0.4) is 0 Å². The highest BCUT2D eigenvalue weighted by atomic mass is 35.5. The molecule has 2 rings (SSSR count). The molecular formula is C14H8Cl4O3. The molecular weight excluding hydrogens is 358 g/mol. The van der Waals surface area contributed by atoms with Crippen molar-refractivity contribution in [1.82, 2.24) is 0 Å². The van der Waals surface area contributed by atoms with Gasteiger partial charge in [0.1, 0.15) is 0 Å². The van der Waals surface area contributed by atoms with Gasteiger partial charge in [0.05, 0.1) is 27.2 Å². The Bertz CT molecular complexity index is 701. The molecule has 2 aromatic carbocycles. The Hall–Kier alpha value is -0.970. The molecule has 0 aliphatic carbocycles. The molecule has 0 radical (unpaired) electrons. The maximum Gasteiger partial charge on any atom is 0.343 e. The first-order valence-electron chi connectivity index (χ1n) is 5.68. The molecule has 0 saturated heterocycles. The van der Waals surface area contributed by atoms with E-state index in [1.54, 1.807) is 0 Å². The molecule has 0 spiro atoms. The molecule has 110 valence electrons. The van der Waals surface area contributed by atoms with Crippen LogP contribution in [0.5, 0.6) is 5.75 Å². The number of rotatable bonds is 3. The Kier molecular flexibility index (Phi) is 5.36. The summed E-state index contributed by atoms with van der Waals surface area (Å²) in [5, 5.41) is 10.3. The second kappa shape index (κ2) is 6.86. The summed E-state index contributed by atoms with van der Waals surface area (Å²) in [6.45, 7) is -0.371. The van der Waals surface area contributed by atoms with Crippen molar-refractivity contribution < 1.29 is 14.6 Å². The molecule has 0 amide bonds. The van der Waals surface area contributed by atoms with Crippen LogP contribution in [-0.2, 0) is 6.61 Å². The Morgan fingerprint density at radius 1 is 1.00 bits per heavy atom. The van der Waals surface area contributed by atoms with Crippen molar-refractivity contribution in [3.05, 3.63) is 61.5 Å².